The molecule has 0 fully saturated rings. The Morgan fingerprint density at radius 3 is 1.86 bits per heavy atom. The van der Waals surface area contributed by atoms with Crippen LogP contribution in [0.5, 0.6) is 0 Å². The van der Waals surface area contributed by atoms with Crippen molar-refractivity contribution in [3.8, 4) is 0 Å². The molecule has 1 amide bonds. The third-order valence-corrected chi connectivity index (χ3v) is 2.69. The largest absolute Gasteiger partial charge is 0.323 e. The highest BCUT2D eigenvalue weighted by atomic mass is 19.2. The molecule has 0 unspecified atom stereocenters. The summed E-state index contributed by atoms with van der Waals surface area (Å²) >= 11 is 0. The van der Waals surface area contributed by atoms with Gasteiger partial charge in [-0.25, -0.2) is 22.0 Å². The molecule has 0 aliphatic carbocycles. The Hall–Kier alpha value is -2.70. The van der Waals surface area contributed by atoms with Crippen molar-refractivity contribution in [1.29, 1.82) is 0 Å². The molecule has 0 aliphatic heterocycles. The monoisotopic (exact) mass is 313 g/mol. The molecular formula is C15H8F5NO. The van der Waals surface area contributed by atoms with Gasteiger partial charge in [0.15, 0.2) is 23.3 Å². The third kappa shape index (κ3) is 3.13. The van der Waals surface area contributed by atoms with E-state index in [1.165, 1.54) is 0 Å². The van der Waals surface area contributed by atoms with Gasteiger partial charge >= 0.3 is 0 Å². The van der Waals surface area contributed by atoms with Crippen molar-refractivity contribution < 1.29 is 26.7 Å². The van der Waals surface area contributed by atoms with Gasteiger partial charge in [-0.1, -0.05) is 18.2 Å². The van der Waals surface area contributed by atoms with Gasteiger partial charge in [-0.05, 0) is 18.2 Å². The summed E-state index contributed by atoms with van der Waals surface area (Å²) in [7, 11) is 0. The highest BCUT2D eigenvalue weighted by Crippen LogP contribution is 2.23. The zero-order valence-electron chi connectivity index (χ0n) is 10.8. The zero-order valence-corrected chi connectivity index (χ0v) is 10.8. The molecule has 2 aromatic carbocycles. The first kappa shape index (κ1) is 15.7. The molecule has 0 heterocycles. The Morgan fingerprint density at radius 2 is 1.32 bits per heavy atom. The summed E-state index contributed by atoms with van der Waals surface area (Å²) in [6.07, 6.45) is 1.19. The number of para-hydroxylation sites is 1. The van der Waals surface area contributed by atoms with Gasteiger partial charge in [-0.3, -0.25) is 4.79 Å². The molecule has 114 valence electrons. The SMILES string of the molecule is O=C(C=Cc1c(F)c(F)c(F)c(F)c1F)Nc1ccccc1. The van der Waals surface area contributed by atoms with Crippen LogP contribution in [0.15, 0.2) is 36.4 Å². The minimum atomic E-state index is -2.25. The van der Waals surface area contributed by atoms with E-state index in [2.05, 4.69) is 5.32 Å². The maximum atomic E-state index is 13.4. The lowest BCUT2D eigenvalue weighted by atomic mass is 10.1. The maximum Gasteiger partial charge on any atom is 0.248 e. The molecule has 0 bridgehead atoms. The van der Waals surface area contributed by atoms with Crippen molar-refractivity contribution in [2.24, 2.45) is 0 Å². The van der Waals surface area contributed by atoms with E-state index in [1.807, 2.05) is 0 Å². The van der Waals surface area contributed by atoms with Crippen molar-refractivity contribution >= 4 is 17.7 Å². The van der Waals surface area contributed by atoms with Gasteiger partial charge in [0.1, 0.15) is 0 Å². The van der Waals surface area contributed by atoms with E-state index in [0.717, 1.165) is 0 Å². The molecule has 0 radical (unpaired) electrons. The van der Waals surface area contributed by atoms with Crippen molar-refractivity contribution in [3.05, 3.63) is 71.1 Å². The number of hydrogen-bond donors (Lipinski definition) is 1. The first-order valence-electron chi connectivity index (χ1n) is 5.97. The smallest absolute Gasteiger partial charge is 0.248 e. The summed E-state index contributed by atoms with van der Waals surface area (Å²) in [5, 5.41) is 2.36. The summed E-state index contributed by atoms with van der Waals surface area (Å²) in [5.41, 5.74) is -0.769. The molecule has 2 rings (SSSR count). The average Bonchev–Trinajstić information content (AvgIpc) is 2.52. The minimum absolute atomic E-state index is 0.412. The third-order valence-electron chi connectivity index (χ3n) is 2.69. The number of halogens is 5. The lowest BCUT2D eigenvalue weighted by molar-refractivity contribution is -0.111. The molecule has 7 heteroatoms. The summed E-state index contributed by atoms with van der Waals surface area (Å²) in [6.45, 7) is 0. The predicted octanol–water partition coefficient (Wildman–Crippen LogP) is 4.03. The number of carbonyl (C=O) groups is 1. The minimum Gasteiger partial charge on any atom is -0.323 e. The van der Waals surface area contributed by atoms with Crippen LogP contribution in [-0.2, 0) is 4.79 Å². The van der Waals surface area contributed by atoms with Crippen molar-refractivity contribution in [1.82, 2.24) is 0 Å². The summed E-state index contributed by atoms with van der Waals surface area (Å²) in [4.78, 5) is 11.5. The maximum absolute atomic E-state index is 13.4. The van der Waals surface area contributed by atoms with Gasteiger partial charge in [-0.15, -0.1) is 0 Å². The van der Waals surface area contributed by atoms with Gasteiger partial charge in [0.25, 0.3) is 0 Å². The van der Waals surface area contributed by atoms with Gasteiger partial charge in [0, 0.05) is 11.8 Å². The Balaban J connectivity index is 2.25. The van der Waals surface area contributed by atoms with Crippen molar-refractivity contribution in [2.75, 3.05) is 5.32 Å². The number of benzene rings is 2. The van der Waals surface area contributed by atoms with E-state index < -0.39 is 40.6 Å². The number of hydrogen-bond acceptors (Lipinski definition) is 1. The van der Waals surface area contributed by atoms with Crippen LogP contribution in [-0.4, -0.2) is 5.91 Å². The predicted molar refractivity (Wildman–Crippen MR) is 70.3 cm³/mol. The van der Waals surface area contributed by atoms with E-state index in [1.54, 1.807) is 30.3 Å². The van der Waals surface area contributed by atoms with Crippen LogP contribution in [0.1, 0.15) is 5.56 Å². The van der Waals surface area contributed by atoms with E-state index >= 15 is 0 Å². The molecule has 0 saturated heterocycles. The molecule has 2 aromatic rings. The van der Waals surface area contributed by atoms with E-state index in [0.29, 0.717) is 17.8 Å². The number of rotatable bonds is 3. The summed E-state index contributed by atoms with van der Waals surface area (Å²) in [6, 6.07) is 8.11. The molecule has 0 aliphatic rings. The highest BCUT2D eigenvalue weighted by molar-refractivity contribution is 6.01. The highest BCUT2D eigenvalue weighted by Gasteiger charge is 2.24. The first-order chi connectivity index (χ1) is 10.4. The van der Waals surface area contributed by atoms with Crippen LogP contribution in [0.25, 0.3) is 6.08 Å². The first-order valence-corrected chi connectivity index (χ1v) is 5.97. The van der Waals surface area contributed by atoms with Crippen LogP contribution in [0.2, 0.25) is 0 Å². The van der Waals surface area contributed by atoms with Crippen LogP contribution >= 0.6 is 0 Å². The quantitative estimate of drug-likeness (QED) is 0.394. The second kappa shape index (κ2) is 6.38. The normalized spacial score (nSPS) is 11.0. The Morgan fingerprint density at radius 1 is 0.818 bits per heavy atom. The molecular weight excluding hydrogens is 305 g/mol. The number of nitrogens with one attached hydrogen (secondary N) is 1. The van der Waals surface area contributed by atoms with Gasteiger partial charge < -0.3 is 5.32 Å². The zero-order chi connectivity index (χ0) is 16.3. The molecule has 22 heavy (non-hydrogen) atoms. The second-order valence-electron chi connectivity index (χ2n) is 4.17. The lowest BCUT2D eigenvalue weighted by Crippen LogP contribution is -2.08. The molecule has 1 N–H and O–H groups in total. The van der Waals surface area contributed by atoms with Crippen LogP contribution in [0, 0.1) is 29.1 Å². The standard InChI is InChI=1S/C15H8F5NO/c16-11-9(12(17)14(19)15(20)13(11)18)6-7-10(22)21-8-4-2-1-3-5-8/h1-7H,(H,21,22). The summed E-state index contributed by atoms with van der Waals surface area (Å²) < 4.78 is 65.6. The molecule has 0 aromatic heterocycles. The molecule has 2 nitrogen and oxygen atoms in total. The lowest BCUT2D eigenvalue weighted by Gasteiger charge is -2.04. The van der Waals surface area contributed by atoms with E-state index in [9.17, 15) is 26.7 Å². The van der Waals surface area contributed by atoms with Crippen LogP contribution in [0.3, 0.4) is 0 Å². The topological polar surface area (TPSA) is 29.1 Å². The Labute approximate surface area is 121 Å². The number of amides is 1. The van der Waals surface area contributed by atoms with Crippen LogP contribution in [0.4, 0.5) is 27.6 Å². The van der Waals surface area contributed by atoms with Crippen molar-refractivity contribution in [2.45, 2.75) is 0 Å². The van der Waals surface area contributed by atoms with Gasteiger partial charge in [0.2, 0.25) is 11.7 Å². The van der Waals surface area contributed by atoms with E-state index in [-0.39, 0.29) is 0 Å². The fourth-order valence-corrected chi connectivity index (χ4v) is 1.63. The molecule has 0 spiro atoms. The Kier molecular flexibility index (Phi) is 4.55. The number of anilines is 1. The van der Waals surface area contributed by atoms with Gasteiger partial charge in [0.05, 0.1) is 5.56 Å². The molecule has 0 saturated carbocycles. The Bertz CT molecular complexity index is 714. The fourth-order valence-electron chi connectivity index (χ4n) is 1.63. The van der Waals surface area contributed by atoms with Gasteiger partial charge in [-0.2, -0.15) is 0 Å². The summed E-state index contributed by atoms with van der Waals surface area (Å²) in [5.74, 6) is -11.2. The van der Waals surface area contributed by atoms with Crippen LogP contribution < -0.4 is 5.32 Å². The molecule has 0 atom stereocenters. The van der Waals surface area contributed by atoms with Crippen molar-refractivity contribution in [3.63, 3.8) is 0 Å². The second-order valence-corrected chi connectivity index (χ2v) is 4.17. The average molecular weight is 313 g/mol. The number of carbonyl (C=O) groups excluding carboxylic acids is 1. The van der Waals surface area contributed by atoms with E-state index in [4.69, 9.17) is 0 Å². The fraction of sp³-hybridized carbons (Fsp3) is 0.